The highest BCUT2D eigenvalue weighted by Crippen LogP contribution is 2.22. The lowest BCUT2D eigenvalue weighted by atomic mass is 9.98. The molecule has 1 atom stereocenters. The fourth-order valence-electron chi connectivity index (χ4n) is 1.84. The van der Waals surface area contributed by atoms with Crippen LogP contribution in [0.5, 0.6) is 5.75 Å². The van der Waals surface area contributed by atoms with Crippen molar-refractivity contribution >= 4 is 0 Å². The molecule has 1 aromatic heterocycles. The van der Waals surface area contributed by atoms with Gasteiger partial charge in [-0.3, -0.25) is 0 Å². The average Bonchev–Trinajstić information content (AvgIpc) is 2.86. The van der Waals surface area contributed by atoms with Crippen molar-refractivity contribution < 1.29 is 4.74 Å². The van der Waals surface area contributed by atoms with Gasteiger partial charge in [0, 0.05) is 18.9 Å². The van der Waals surface area contributed by atoms with Crippen LogP contribution in [0, 0.1) is 0 Å². The molecule has 0 bridgehead atoms. The van der Waals surface area contributed by atoms with Crippen LogP contribution >= 0.6 is 0 Å². The van der Waals surface area contributed by atoms with Gasteiger partial charge < -0.3 is 15.5 Å². The Kier molecular flexibility index (Phi) is 3.77. The van der Waals surface area contributed by atoms with E-state index in [1.165, 1.54) is 0 Å². The molecule has 1 unspecified atom stereocenters. The van der Waals surface area contributed by atoms with Gasteiger partial charge in [0.25, 0.3) is 0 Å². The minimum atomic E-state index is 0.112. The molecule has 1 heterocycles. The van der Waals surface area contributed by atoms with Gasteiger partial charge in [-0.2, -0.15) is 0 Å². The van der Waals surface area contributed by atoms with Crippen molar-refractivity contribution in [1.82, 2.24) is 9.97 Å². The van der Waals surface area contributed by atoms with Crippen LogP contribution in [0.15, 0.2) is 36.7 Å². The molecular formula is C13H17N3O. The fraction of sp³-hybridized carbons (Fsp3) is 0.308. The Morgan fingerprint density at radius 2 is 2.12 bits per heavy atom. The van der Waals surface area contributed by atoms with E-state index < -0.39 is 0 Å². The number of nitrogens with one attached hydrogen (secondary N) is 1. The van der Waals surface area contributed by atoms with E-state index in [1.54, 1.807) is 6.20 Å². The van der Waals surface area contributed by atoms with E-state index in [1.807, 2.05) is 37.4 Å². The number of H-pyrrole nitrogens is 1. The first-order chi connectivity index (χ1) is 8.35. The molecule has 90 valence electrons. The highest BCUT2D eigenvalue weighted by atomic mass is 16.5. The summed E-state index contributed by atoms with van der Waals surface area (Å²) in [5.74, 6) is 1.89. The summed E-state index contributed by atoms with van der Waals surface area (Å²) in [6.07, 6.45) is 3.55. The Labute approximate surface area is 101 Å². The number of nitrogens with two attached hydrogens (primary N) is 1. The number of imidazole rings is 1. The highest BCUT2D eigenvalue weighted by Gasteiger charge is 2.14. The Bertz CT molecular complexity index is 436. The van der Waals surface area contributed by atoms with E-state index in [4.69, 9.17) is 10.5 Å². The van der Waals surface area contributed by atoms with E-state index in [0.29, 0.717) is 13.2 Å². The van der Waals surface area contributed by atoms with Crippen molar-refractivity contribution in [3.63, 3.8) is 0 Å². The first-order valence-corrected chi connectivity index (χ1v) is 5.77. The molecule has 2 aromatic rings. The zero-order valence-electron chi connectivity index (χ0n) is 9.89. The molecule has 0 amide bonds. The van der Waals surface area contributed by atoms with Gasteiger partial charge in [0.05, 0.1) is 12.5 Å². The predicted molar refractivity (Wildman–Crippen MR) is 67.1 cm³/mol. The summed E-state index contributed by atoms with van der Waals surface area (Å²) in [6.45, 7) is 3.18. The molecule has 0 aliphatic heterocycles. The fourth-order valence-corrected chi connectivity index (χ4v) is 1.84. The highest BCUT2D eigenvalue weighted by molar-refractivity contribution is 5.32. The van der Waals surface area contributed by atoms with E-state index >= 15 is 0 Å². The number of ether oxygens (including phenoxy) is 1. The van der Waals surface area contributed by atoms with Crippen molar-refractivity contribution in [3.05, 3.63) is 48.0 Å². The number of aromatic nitrogens is 2. The van der Waals surface area contributed by atoms with Crippen LogP contribution in [0.25, 0.3) is 0 Å². The standard InChI is InChI=1S/C13H17N3O/c1-2-17-11-5-3-10(4-6-11)12(9-14)13-15-7-8-16-13/h3-8,12H,2,9,14H2,1H3,(H,15,16). The molecule has 3 N–H and O–H groups in total. The summed E-state index contributed by atoms with van der Waals surface area (Å²) in [5.41, 5.74) is 6.95. The quantitative estimate of drug-likeness (QED) is 0.826. The Morgan fingerprint density at radius 1 is 1.35 bits per heavy atom. The lowest BCUT2D eigenvalue weighted by Gasteiger charge is -2.13. The van der Waals surface area contributed by atoms with Crippen molar-refractivity contribution in [2.24, 2.45) is 5.73 Å². The second-order valence-electron chi connectivity index (χ2n) is 3.76. The van der Waals surface area contributed by atoms with E-state index in [9.17, 15) is 0 Å². The molecule has 4 nitrogen and oxygen atoms in total. The van der Waals surface area contributed by atoms with Gasteiger partial charge in [0.2, 0.25) is 0 Å². The van der Waals surface area contributed by atoms with E-state index in [0.717, 1.165) is 17.1 Å². The smallest absolute Gasteiger partial charge is 0.119 e. The summed E-state index contributed by atoms with van der Waals surface area (Å²) in [5, 5.41) is 0. The molecule has 1 aromatic carbocycles. The molecule has 0 aliphatic carbocycles. The maximum atomic E-state index is 5.80. The molecule has 4 heteroatoms. The largest absolute Gasteiger partial charge is 0.494 e. The summed E-state index contributed by atoms with van der Waals surface area (Å²) in [6, 6.07) is 7.99. The second-order valence-corrected chi connectivity index (χ2v) is 3.76. The Balaban J connectivity index is 2.20. The lowest BCUT2D eigenvalue weighted by Crippen LogP contribution is -2.15. The van der Waals surface area contributed by atoms with Crippen LogP contribution in [-0.2, 0) is 0 Å². The Morgan fingerprint density at radius 3 is 2.65 bits per heavy atom. The van der Waals surface area contributed by atoms with Crippen LogP contribution in [0.1, 0.15) is 24.2 Å². The van der Waals surface area contributed by atoms with Crippen LogP contribution in [0.2, 0.25) is 0 Å². The molecule has 2 rings (SSSR count). The molecule has 0 fully saturated rings. The van der Waals surface area contributed by atoms with Gasteiger partial charge in [0.1, 0.15) is 11.6 Å². The second kappa shape index (κ2) is 5.50. The zero-order chi connectivity index (χ0) is 12.1. The zero-order valence-corrected chi connectivity index (χ0v) is 9.89. The predicted octanol–water partition coefficient (Wildman–Crippen LogP) is 1.90. The number of benzene rings is 1. The number of hydrogen-bond donors (Lipinski definition) is 2. The maximum absolute atomic E-state index is 5.80. The molecule has 0 spiro atoms. The van der Waals surface area contributed by atoms with Gasteiger partial charge in [-0.15, -0.1) is 0 Å². The van der Waals surface area contributed by atoms with Crippen LogP contribution < -0.4 is 10.5 Å². The average molecular weight is 231 g/mol. The van der Waals surface area contributed by atoms with Crippen molar-refractivity contribution in [3.8, 4) is 5.75 Å². The number of rotatable bonds is 5. The monoisotopic (exact) mass is 231 g/mol. The van der Waals surface area contributed by atoms with Gasteiger partial charge in [-0.25, -0.2) is 4.98 Å². The van der Waals surface area contributed by atoms with E-state index in [2.05, 4.69) is 9.97 Å². The molecule has 17 heavy (non-hydrogen) atoms. The number of nitrogens with zero attached hydrogens (tertiary/aromatic N) is 1. The van der Waals surface area contributed by atoms with Crippen molar-refractivity contribution in [2.75, 3.05) is 13.2 Å². The van der Waals surface area contributed by atoms with Crippen LogP contribution in [-0.4, -0.2) is 23.1 Å². The molecule has 0 radical (unpaired) electrons. The van der Waals surface area contributed by atoms with Gasteiger partial charge in [-0.1, -0.05) is 12.1 Å². The van der Waals surface area contributed by atoms with Gasteiger partial charge in [0.15, 0.2) is 0 Å². The summed E-state index contributed by atoms with van der Waals surface area (Å²) < 4.78 is 5.41. The molecule has 0 saturated heterocycles. The lowest BCUT2D eigenvalue weighted by molar-refractivity contribution is 0.340. The number of aromatic amines is 1. The molecule has 0 saturated carbocycles. The minimum Gasteiger partial charge on any atom is -0.494 e. The maximum Gasteiger partial charge on any atom is 0.119 e. The van der Waals surface area contributed by atoms with Crippen molar-refractivity contribution in [1.29, 1.82) is 0 Å². The first-order valence-electron chi connectivity index (χ1n) is 5.77. The first kappa shape index (κ1) is 11.7. The van der Waals surface area contributed by atoms with Crippen LogP contribution in [0.4, 0.5) is 0 Å². The minimum absolute atomic E-state index is 0.112. The van der Waals surface area contributed by atoms with Crippen LogP contribution in [0.3, 0.4) is 0 Å². The molecule has 0 aliphatic rings. The third-order valence-corrected chi connectivity index (χ3v) is 2.68. The number of hydrogen-bond acceptors (Lipinski definition) is 3. The third-order valence-electron chi connectivity index (χ3n) is 2.68. The van der Waals surface area contributed by atoms with Gasteiger partial charge >= 0.3 is 0 Å². The summed E-state index contributed by atoms with van der Waals surface area (Å²) in [4.78, 5) is 7.36. The molecular weight excluding hydrogens is 214 g/mol. The summed E-state index contributed by atoms with van der Waals surface area (Å²) >= 11 is 0. The van der Waals surface area contributed by atoms with Crippen molar-refractivity contribution in [2.45, 2.75) is 12.8 Å². The normalized spacial score (nSPS) is 12.4. The topological polar surface area (TPSA) is 63.9 Å². The Hall–Kier alpha value is -1.81. The SMILES string of the molecule is CCOc1ccc(C(CN)c2ncc[nH]2)cc1. The van der Waals surface area contributed by atoms with E-state index in [-0.39, 0.29) is 5.92 Å². The van der Waals surface area contributed by atoms with Gasteiger partial charge in [-0.05, 0) is 24.6 Å². The third kappa shape index (κ3) is 2.65. The summed E-state index contributed by atoms with van der Waals surface area (Å²) in [7, 11) is 0.